The summed E-state index contributed by atoms with van der Waals surface area (Å²) >= 11 is 0. The van der Waals surface area contributed by atoms with Crippen molar-refractivity contribution in [2.45, 2.75) is 12.8 Å². The minimum Gasteiger partial charge on any atom is -0.302 e. The molecule has 1 rings (SSSR count). The van der Waals surface area contributed by atoms with Gasteiger partial charge in [0.2, 0.25) is 0 Å². The number of piperidine rings is 1. The van der Waals surface area contributed by atoms with Crippen LogP contribution in [0.15, 0.2) is 0 Å². The summed E-state index contributed by atoms with van der Waals surface area (Å²) in [5.74, 6) is 0.321. The molecule has 0 aromatic heterocycles. The van der Waals surface area contributed by atoms with Crippen LogP contribution in [-0.4, -0.2) is 36.6 Å². The van der Waals surface area contributed by atoms with E-state index in [1.165, 1.54) is 0 Å². The molecule has 0 aromatic carbocycles. The van der Waals surface area contributed by atoms with E-state index in [1.807, 2.05) is 4.90 Å². The summed E-state index contributed by atoms with van der Waals surface area (Å²) in [6, 6.07) is 0. The Bertz CT molecular complexity index is 135. The number of carbonyl (C=O) groups excluding carboxylic acids is 2. The maximum absolute atomic E-state index is 10.7. The molecule has 56 valence electrons. The first-order valence-electron chi connectivity index (χ1n) is 3.50. The quantitative estimate of drug-likeness (QED) is 0.502. The molecule has 1 aliphatic heterocycles. The van der Waals surface area contributed by atoms with E-state index in [9.17, 15) is 9.59 Å². The highest BCUT2D eigenvalue weighted by Crippen LogP contribution is 2.03. The monoisotopic (exact) mass is 141 g/mol. The minimum atomic E-state index is 0.321. The molecule has 3 heteroatoms. The van der Waals surface area contributed by atoms with Gasteiger partial charge >= 0.3 is 0 Å². The predicted octanol–water partition coefficient (Wildman–Crippen LogP) is -0.150. The lowest BCUT2D eigenvalue weighted by Gasteiger charge is -2.22. The van der Waals surface area contributed by atoms with Crippen LogP contribution in [0.25, 0.3) is 0 Å². The number of likely N-dealkylation sites (tertiary alicyclic amines) is 1. The summed E-state index contributed by atoms with van der Waals surface area (Å²) in [4.78, 5) is 22.7. The van der Waals surface area contributed by atoms with E-state index in [2.05, 4.69) is 0 Å². The fourth-order valence-electron chi connectivity index (χ4n) is 1.09. The highest BCUT2D eigenvalue weighted by molar-refractivity contribution is 5.79. The van der Waals surface area contributed by atoms with Gasteiger partial charge < -0.3 is 4.79 Å². The Labute approximate surface area is 60.0 Å². The van der Waals surface area contributed by atoms with Crippen LogP contribution in [-0.2, 0) is 9.59 Å². The summed E-state index contributed by atoms with van der Waals surface area (Å²) in [7, 11) is 0. The number of ketones is 1. The topological polar surface area (TPSA) is 37.4 Å². The summed E-state index contributed by atoms with van der Waals surface area (Å²) in [5.41, 5.74) is 0. The lowest BCUT2D eigenvalue weighted by molar-refractivity contribution is -0.122. The van der Waals surface area contributed by atoms with Crippen LogP contribution in [0, 0.1) is 0 Å². The standard InChI is InChI=1S/C7H11NO2/c9-6-5-8-3-1-7(10)2-4-8/h6H,1-5H2. The third-order valence-electron chi connectivity index (χ3n) is 1.75. The van der Waals surface area contributed by atoms with Crippen molar-refractivity contribution in [3.8, 4) is 0 Å². The van der Waals surface area contributed by atoms with E-state index >= 15 is 0 Å². The van der Waals surface area contributed by atoms with Gasteiger partial charge in [-0.25, -0.2) is 0 Å². The summed E-state index contributed by atoms with van der Waals surface area (Å²) in [6.07, 6.45) is 2.12. The molecule has 0 spiro atoms. The second-order valence-electron chi connectivity index (χ2n) is 2.51. The Morgan fingerprint density at radius 3 is 2.50 bits per heavy atom. The Morgan fingerprint density at radius 1 is 1.40 bits per heavy atom. The van der Waals surface area contributed by atoms with E-state index in [0.717, 1.165) is 19.4 Å². The van der Waals surface area contributed by atoms with Crippen molar-refractivity contribution < 1.29 is 9.59 Å². The van der Waals surface area contributed by atoms with Crippen LogP contribution < -0.4 is 0 Å². The Morgan fingerprint density at radius 2 is 2.00 bits per heavy atom. The maximum atomic E-state index is 10.7. The zero-order valence-corrected chi connectivity index (χ0v) is 5.88. The van der Waals surface area contributed by atoms with Crippen LogP contribution in [0.2, 0.25) is 0 Å². The molecule has 0 N–H and O–H groups in total. The highest BCUT2D eigenvalue weighted by atomic mass is 16.1. The molecule has 1 heterocycles. The Kier molecular flexibility index (Phi) is 2.57. The summed E-state index contributed by atoms with van der Waals surface area (Å²) in [6.45, 7) is 2.00. The number of rotatable bonds is 2. The van der Waals surface area contributed by atoms with Gasteiger partial charge in [-0.05, 0) is 0 Å². The van der Waals surface area contributed by atoms with Crippen molar-refractivity contribution in [3.63, 3.8) is 0 Å². The van der Waals surface area contributed by atoms with Gasteiger partial charge in [0.05, 0.1) is 6.54 Å². The van der Waals surface area contributed by atoms with Crippen LogP contribution in [0.1, 0.15) is 12.8 Å². The highest BCUT2D eigenvalue weighted by Gasteiger charge is 2.14. The van der Waals surface area contributed by atoms with E-state index in [4.69, 9.17) is 0 Å². The average Bonchev–Trinajstić information content (AvgIpc) is 1.95. The molecule has 1 saturated heterocycles. The Hall–Kier alpha value is -0.700. The van der Waals surface area contributed by atoms with Crippen molar-refractivity contribution in [1.82, 2.24) is 4.90 Å². The molecule has 10 heavy (non-hydrogen) atoms. The van der Waals surface area contributed by atoms with Gasteiger partial charge in [-0.1, -0.05) is 0 Å². The van der Waals surface area contributed by atoms with Gasteiger partial charge in [0.1, 0.15) is 12.1 Å². The SMILES string of the molecule is O=CCN1CCC(=O)CC1. The number of carbonyl (C=O) groups is 2. The number of hydrogen-bond acceptors (Lipinski definition) is 3. The normalized spacial score (nSPS) is 21.0. The second-order valence-corrected chi connectivity index (χ2v) is 2.51. The van der Waals surface area contributed by atoms with Crippen LogP contribution >= 0.6 is 0 Å². The van der Waals surface area contributed by atoms with Gasteiger partial charge in [-0.3, -0.25) is 9.69 Å². The van der Waals surface area contributed by atoms with Crippen LogP contribution in [0.4, 0.5) is 0 Å². The maximum Gasteiger partial charge on any atom is 0.135 e. The van der Waals surface area contributed by atoms with Crippen molar-refractivity contribution in [3.05, 3.63) is 0 Å². The largest absolute Gasteiger partial charge is 0.302 e. The van der Waals surface area contributed by atoms with Crippen molar-refractivity contribution >= 4 is 12.1 Å². The second kappa shape index (κ2) is 3.46. The first kappa shape index (κ1) is 7.41. The van der Waals surface area contributed by atoms with Crippen molar-refractivity contribution in [2.24, 2.45) is 0 Å². The van der Waals surface area contributed by atoms with Crippen LogP contribution in [0.5, 0.6) is 0 Å². The molecule has 0 atom stereocenters. The average molecular weight is 141 g/mol. The van der Waals surface area contributed by atoms with Gasteiger partial charge in [-0.15, -0.1) is 0 Å². The lowest BCUT2D eigenvalue weighted by atomic mass is 10.1. The van der Waals surface area contributed by atoms with Crippen molar-refractivity contribution in [2.75, 3.05) is 19.6 Å². The third-order valence-corrected chi connectivity index (χ3v) is 1.75. The number of nitrogens with zero attached hydrogens (tertiary/aromatic N) is 1. The molecule has 0 saturated carbocycles. The van der Waals surface area contributed by atoms with Gasteiger partial charge in [0.25, 0.3) is 0 Å². The van der Waals surface area contributed by atoms with Crippen molar-refractivity contribution in [1.29, 1.82) is 0 Å². The number of Topliss-reactive ketones (excluding diaryl/α,β-unsaturated/α-hetero) is 1. The molecule has 0 amide bonds. The molecule has 0 bridgehead atoms. The fourth-order valence-corrected chi connectivity index (χ4v) is 1.09. The number of hydrogen-bond donors (Lipinski definition) is 0. The molecule has 3 nitrogen and oxygen atoms in total. The van der Waals surface area contributed by atoms with E-state index in [0.29, 0.717) is 25.2 Å². The number of aldehydes is 1. The first-order valence-corrected chi connectivity index (χ1v) is 3.50. The van der Waals surface area contributed by atoms with Gasteiger partial charge in [0.15, 0.2) is 0 Å². The van der Waals surface area contributed by atoms with Crippen LogP contribution in [0.3, 0.4) is 0 Å². The first-order chi connectivity index (χ1) is 4.83. The molecule has 0 aliphatic carbocycles. The smallest absolute Gasteiger partial charge is 0.135 e. The summed E-state index contributed by atoms with van der Waals surface area (Å²) < 4.78 is 0. The third kappa shape index (κ3) is 1.92. The van der Waals surface area contributed by atoms with E-state index in [1.54, 1.807) is 0 Å². The molecule has 1 aliphatic rings. The van der Waals surface area contributed by atoms with E-state index in [-0.39, 0.29) is 0 Å². The molecule has 1 fully saturated rings. The molecule has 0 aromatic rings. The Balaban J connectivity index is 2.25. The molecule has 0 unspecified atom stereocenters. The molecular weight excluding hydrogens is 130 g/mol. The summed E-state index contributed by atoms with van der Waals surface area (Å²) in [5, 5.41) is 0. The van der Waals surface area contributed by atoms with Gasteiger partial charge in [0, 0.05) is 25.9 Å². The molecular formula is C7H11NO2. The zero-order chi connectivity index (χ0) is 7.40. The predicted molar refractivity (Wildman–Crippen MR) is 36.7 cm³/mol. The lowest BCUT2D eigenvalue weighted by Crippen LogP contribution is -2.34. The molecule has 0 radical (unpaired) electrons. The minimum absolute atomic E-state index is 0.321. The van der Waals surface area contributed by atoms with E-state index < -0.39 is 0 Å². The zero-order valence-electron chi connectivity index (χ0n) is 5.88. The van der Waals surface area contributed by atoms with Gasteiger partial charge in [-0.2, -0.15) is 0 Å². The fraction of sp³-hybridized carbons (Fsp3) is 0.714.